The summed E-state index contributed by atoms with van der Waals surface area (Å²) in [5.41, 5.74) is 0.765. The predicted octanol–water partition coefficient (Wildman–Crippen LogP) is 3.01. The molecule has 3 heterocycles. The third-order valence-electron chi connectivity index (χ3n) is 4.85. The van der Waals surface area contributed by atoms with E-state index in [2.05, 4.69) is 10.2 Å². The van der Waals surface area contributed by atoms with Gasteiger partial charge in [-0.05, 0) is 44.0 Å². The lowest BCUT2D eigenvalue weighted by Gasteiger charge is -2.23. The Bertz CT molecular complexity index is 1050. The molecule has 0 N–H and O–H groups in total. The number of rotatable bonds is 5. The number of nitro benzene ring substituents is 1. The number of fused-ring (bicyclic) bond motifs is 1. The van der Waals surface area contributed by atoms with E-state index < -0.39 is 4.92 Å². The molecule has 1 saturated heterocycles. The second kappa shape index (κ2) is 7.26. The van der Waals surface area contributed by atoms with Crippen molar-refractivity contribution in [3.05, 3.63) is 64.1 Å². The summed E-state index contributed by atoms with van der Waals surface area (Å²) in [6.07, 6.45) is 3.46. The number of nitro groups is 1. The standard InChI is InChI=1S/C19H19N5O4/c1-2-28-16-9-8-13(12-15(16)24(26)27)19(25)22-11-5-6-14(22)18-21-20-17-7-3-4-10-23(17)18/h3-4,7-10,12,14H,2,5-6,11H2,1H3. The zero-order valence-electron chi connectivity index (χ0n) is 15.3. The van der Waals surface area contributed by atoms with Crippen LogP contribution in [0.2, 0.25) is 0 Å². The lowest BCUT2D eigenvalue weighted by Crippen LogP contribution is -2.31. The van der Waals surface area contributed by atoms with Gasteiger partial charge in [0.25, 0.3) is 5.91 Å². The summed E-state index contributed by atoms with van der Waals surface area (Å²) >= 11 is 0. The number of amides is 1. The molecule has 1 aliphatic rings. The van der Waals surface area contributed by atoms with Gasteiger partial charge in [-0.15, -0.1) is 10.2 Å². The molecule has 0 saturated carbocycles. The van der Waals surface area contributed by atoms with Gasteiger partial charge in [0, 0.05) is 24.4 Å². The van der Waals surface area contributed by atoms with Crippen molar-refractivity contribution in [1.82, 2.24) is 19.5 Å². The van der Waals surface area contributed by atoms with Crippen molar-refractivity contribution < 1.29 is 14.5 Å². The van der Waals surface area contributed by atoms with Crippen LogP contribution in [0.1, 0.15) is 42.0 Å². The first kappa shape index (κ1) is 17.9. The molecule has 0 aliphatic carbocycles. The van der Waals surface area contributed by atoms with Crippen LogP contribution in [0.3, 0.4) is 0 Å². The summed E-state index contributed by atoms with van der Waals surface area (Å²) in [6, 6.07) is 9.72. The zero-order valence-corrected chi connectivity index (χ0v) is 15.3. The smallest absolute Gasteiger partial charge is 0.311 e. The van der Waals surface area contributed by atoms with E-state index in [-0.39, 0.29) is 28.9 Å². The van der Waals surface area contributed by atoms with Gasteiger partial charge in [0.1, 0.15) is 0 Å². The van der Waals surface area contributed by atoms with Gasteiger partial charge in [0.2, 0.25) is 0 Å². The van der Waals surface area contributed by atoms with Crippen LogP contribution in [-0.2, 0) is 0 Å². The van der Waals surface area contributed by atoms with Gasteiger partial charge in [-0.3, -0.25) is 19.3 Å². The number of hydrogen-bond acceptors (Lipinski definition) is 6. The molecule has 9 heteroatoms. The van der Waals surface area contributed by atoms with Crippen LogP contribution in [0.15, 0.2) is 42.6 Å². The zero-order chi connectivity index (χ0) is 19.7. The van der Waals surface area contributed by atoms with Crippen LogP contribution in [0.5, 0.6) is 5.75 Å². The molecule has 28 heavy (non-hydrogen) atoms. The van der Waals surface area contributed by atoms with Crippen LogP contribution in [0, 0.1) is 10.1 Å². The largest absolute Gasteiger partial charge is 0.487 e. The SMILES string of the molecule is CCOc1ccc(C(=O)N2CCCC2c2nnc3ccccn23)cc1[N+](=O)[O-]. The van der Waals surface area contributed by atoms with Gasteiger partial charge in [0.05, 0.1) is 17.6 Å². The maximum atomic E-state index is 13.1. The van der Waals surface area contributed by atoms with Crippen LogP contribution in [-0.4, -0.2) is 43.5 Å². The maximum Gasteiger partial charge on any atom is 0.311 e. The number of ether oxygens (including phenoxy) is 1. The van der Waals surface area contributed by atoms with E-state index in [4.69, 9.17) is 4.74 Å². The Labute approximate surface area is 160 Å². The fraction of sp³-hybridized carbons (Fsp3) is 0.316. The Morgan fingerprint density at radius 2 is 2.18 bits per heavy atom. The highest BCUT2D eigenvalue weighted by molar-refractivity contribution is 5.95. The summed E-state index contributed by atoms with van der Waals surface area (Å²) in [6.45, 7) is 2.62. The molecule has 0 bridgehead atoms. The van der Waals surface area contributed by atoms with Crippen molar-refractivity contribution in [2.24, 2.45) is 0 Å². The van der Waals surface area contributed by atoms with Crippen molar-refractivity contribution in [2.45, 2.75) is 25.8 Å². The molecule has 0 spiro atoms. The number of nitrogens with zero attached hydrogens (tertiary/aromatic N) is 5. The summed E-state index contributed by atoms with van der Waals surface area (Å²) < 4.78 is 7.17. The van der Waals surface area contributed by atoms with E-state index in [1.807, 2.05) is 28.8 Å². The molecule has 1 atom stereocenters. The average molecular weight is 381 g/mol. The van der Waals surface area contributed by atoms with E-state index in [0.29, 0.717) is 24.6 Å². The molecule has 2 aromatic heterocycles. The monoisotopic (exact) mass is 381 g/mol. The Balaban J connectivity index is 1.67. The molecule has 1 fully saturated rings. The molecule has 4 rings (SSSR count). The second-order valence-corrected chi connectivity index (χ2v) is 6.52. The first-order valence-electron chi connectivity index (χ1n) is 9.12. The van der Waals surface area contributed by atoms with E-state index in [0.717, 1.165) is 12.8 Å². The average Bonchev–Trinajstić information content (AvgIpc) is 3.34. The third kappa shape index (κ3) is 3.04. The number of pyridine rings is 1. The molecule has 3 aromatic rings. The minimum absolute atomic E-state index is 0.158. The first-order valence-corrected chi connectivity index (χ1v) is 9.12. The summed E-state index contributed by atoms with van der Waals surface area (Å²) in [5, 5.41) is 19.8. The first-order chi connectivity index (χ1) is 13.6. The van der Waals surface area contributed by atoms with Crippen molar-refractivity contribution in [3.63, 3.8) is 0 Å². The number of carbonyl (C=O) groups excluding carboxylic acids is 1. The Kier molecular flexibility index (Phi) is 4.64. The Hall–Kier alpha value is -3.49. The van der Waals surface area contributed by atoms with Gasteiger partial charge in [-0.2, -0.15) is 0 Å². The number of benzene rings is 1. The molecule has 1 aliphatic heterocycles. The van der Waals surface area contributed by atoms with Crippen molar-refractivity contribution >= 4 is 17.2 Å². The normalized spacial score (nSPS) is 16.5. The second-order valence-electron chi connectivity index (χ2n) is 6.52. The fourth-order valence-corrected chi connectivity index (χ4v) is 3.60. The van der Waals surface area contributed by atoms with Crippen molar-refractivity contribution in [3.8, 4) is 5.75 Å². The van der Waals surface area contributed by atoms with Crippen LogP contribution < -0.4 is 4.74 Å². The van der Waals surface area contributed by atoms with E-state index in [1.165, 1.54) is 12.1 Å². The van der Waals surface area contributed by atoms with E-state index in [9.17, 15) is 14.9 Å². The number of aromatic nitrogens is 3. The van der Waals surface area contributed by atoms with Gasteiger partial charge >= 0.3 is 5.69 Å². The number of hydrogen-bond donors (Lipinski definition) is 0. The minimum atomic E-state index is -0.532. The molecule has 1 aromatic carbocycles. The highest BCUT2D eigenvalue weighted by Gasteiger charge is 2.34. The highest BCUT2D eigenvalue weighted by atomic mass is 16.6. The summed E-state index contributed by atoms with van der Waals surface area (Å²) in [4.78, 5) is 25.7. The van der Waals surface area contributed by atoms with Gasteiger partial charge in [-0.1, -0.05) is 6.07 Å². The van der Waals surface area contributed by atoms with Crippen LogP contribution in [0.25, 0.3) is 5.65 Å². The maximum absolute atomic E-state index is 13.1. The molecule has 144 valence electrons. The predicted molar refractivity (Wildman–Crippen MR) is 100 cm³/mol. The quantitative estimate of drug-likeness (QED) is 0.497. The van der Waals surface area contributed by atoms with E-state index in [1.54, 1.807) is 17.9 Å². The summed E-state index contributed by atoms with van der Waals surface area (Å²) in [5.74, 6) is 0.591. The van der Waals surface area contributed by atoms with Crippen LogP contribution >= 0.6 is 0 Å². The molecular formula is C19H19N5O4. The Morgan fingerprint density at radius 1 is 1.32 bits per heavy atom. The van der Waals surface area contributed by atoms with Crippen molar-refractivity contribution in [2.75, 3.05) is 13.2 Å². The molecule has 1 amide bonds. The Morgan fingerprint density at radius 3 is 2.96 bits per heavy atom. The minimum Gasteiger partial charge on any atom is -0.487 e. The van der Waals surface area contributed by atoms with Crippen molar-refractivity contribution in [1.29, 1.82) is 0 Å². The molecule has 1 unspecified atom stereocenters. The molecule has 0 radical (unpaired) electrons. The highest BCUT2D eigenvalue weighted by Crippen LogP contribution is 2.34. The lowest BCUT2D eigenvalue weighted by atomic mass is 10.1. The fourth-order valence-electron chi connectivity index (χ4n) is 3.60. The molecule has 9 nitrogen and oxygen atoms in total. The van der Waals surface area contributed by atoms with E-state index >= 15 is 0 Å². The van der Waals surface area contributed by atoms with Crippen LogP contribution in [0.4, 0.5) is 5.69 Å². The number of likely N-dealkylation sites (tertiary alicyclic amines) is 1. The van der Waals surface area contributed by atoms with Gasteiger partial charge in [-0.25, -0.2) is 0 Å². The summed E-state index contributed by atoms with van der Waals surface area (Å²) in [7, 11) is 0. The lowest BCUT2D eigenvalue weighted by molar-refractivity contribution is -0.385. The van der Waals surface area contributed by atoms with Gasteiger partial charge in [0.15, 0.2) is 17.2 Å². The number of carbonyl (C=O) groups is 1. The third-order valence-corrected chi connectivity index (χ3v) is 4.85. The molecular weight excluding hydrogens is 362 g/mol. The van der Waals surface area contributed by atoms with Gasteiger partial charge < -0.3 is 9.64 Å². The topological polar surface area (TPSA) is 103 Å².